The summed E-state index contributed by atoms with van der Waals surface area (Å²) in [5, 5.41) is 12.2. The van der Waals surface area contributed by atoms with E-state index in [2.05, 4.69) is 5.32 Å². The van der Waals surface area contributed by atoms with Crippen LogP contribution in [0.25, 0.3) is 0 Å². The van der Waals surface area contributed by atoms with Crippen LogP contribution in [0.2, 0.25) is 0 Å². The van der Waals surface area contributed by atoms with Crippen LogP contribution in [-0.2, 0) is 12.6 Å². The summed E-state index contributed by atoms with van der Waals surface area (Å²) in [5.41, 5.74) is -0.563. The van der Waals surface area contributed by atoms with Crippen LogP contribution >= 0.6 is 0 Å². The van der Waals surface area contributed by atoms with E-state index in [1.54, 1.807) is 0 Å². The molecule has 2 aromatic rings. The summed E-state index contributed by atoms with van der Waals surface area (Å²) in [6.45, 7) is -0.125. The van der Waals surface area contributed by atoms with Gasteiger partial charge >= 0.3 is 6.18 Å². The van der Waals surface area contributed by atoms with E-state index in [9.17, 15) is 23.1 Å². The molecule has 2 rings (SSSR count). The monoisotopic (exact) mass is 323 g/mol. The average molecular weight is 323 g/mol. The Hall–Kier alpha value is -2.34. The molecule has 122 valence electrons. The minimum Gasteiger partial charge on any atom is -0.391 e. The van der Waals surface area contributed by atoms with Gasteiger partial charge in [-0.25, -0.2) is 0 Å². The summed E-state index contributed by atoms with van der Waals surface area (Å²) in [7, 11) is 0. The van der Waals surface area contributed by atoms with Crippen LogP contribution in [0.4, 0.5) is 13.2 Å². The van der Waals surface area contributed by atoms with Gasteiger partial charge in [-0.2, -0.15) is 13.2 Å². The summed E-state index contributed by atoms with van der Waals surface area (Å²) < 4.78 is 38.6. The van der Waals surface area contributed by atoms with Crippen LogP contribution in [0, 0.1) is 0 Å². The molecule has 0 aromatic heterocycles. The van der Waals surface area contributed by atoms with E-state index >= 15 is 0 Å². The van der Waals surface area contributed by atoms with E-state index in [0.29, 0.717) is 6.42 Å². The Labute approximate surface area is 131 Å². The molecule has 1 amide bonds. The normalized spacial score (nSPS) is 12.7. The third-order valence-electron chi connectivity index (χ3n) is 3.29. The van der Waals surface area contributed by atoms with Gasteiger partial charge in [0, 0.05) is 13.0 Å². The molecule has 0 unspecified atom stereocenters. The molecule has 2 aromatic carbocycles. The Kier molecular flexibility index (Phi) is 5.39. The molecule has 0 aliphatic rings. The molecule has 0 saturated heterocycles. The number of amides is 1. The van der Waals surface area contributed by atoms with E-state index in [4.69, 9.17) is 0 Å². The first-order chi connectivity index (χ1) is 10.9. The molecule has 0 aliphatic heterocycles. The summed E-state index contributed by atoms with van der Waals surface area (Å²) in [6.07, 6.45) is -5.17. The molecule has 3 nitrogen and oxygen atoms in total. The van der Waals surface area contributed by atoms with Crippen molar-refractivity contribution >= 4 is 5.91 Å². The molecule has 23 heavy (non-hydrogen) atoms. The first-order valence-electron chi connectivity index (χ1n) is 7.04. The van der Waals surface area contributed by atoms with E-state index in [1.165, 1.54) is 12.1 Å². The first kappa shape index (κ1) is 17.0. The number of rotatable bonds is 5. The molecule has 0 spiro atoms. The summed E-state index contributed by atoms with van der Waals surface area (Å²) >= 11 is 0. The summed E-state index contributed by atoms with van der Waals surface area (Å²) in [4.78, 5) is 11.9. The first-order valence-corrected chi connectivity index (χ1v) is 7.04. The summed E-state index contributed by atoms with van der Waals surface area (Å²) in [5.74, 6) is -0.856. The van der Waals surface area contributed by atoms with Crippen molar-refractivity contribution < 1.29 is 23.1 Å². The van der Waals surface area contributed by atoms with Gasteiger partial charge in [0.15, 0.2) is 0 Å². The lowest BCUT2D eigenvalue weighted by atomic mass is 10.1. The maximum Gasteiger partial charge on any atom is 0.417 e. The zero-order valence-corrected chi connectivity index (χ0v) is 12.2. The molecule has 0 fully saturated rings. The minimum absolute atomic E-state index is 0.125. The van der Waals surface area contributed by atoms with Crippen LogP contribution < -0.4 is 5.32 Å². The number of carbonyl (C=O) groups is 1. The Morgan fingerprint density at radius 3 is 2.30 bits per heavy atom. The van der Waals surface area contributed by atoms with Crippen molar-refractivity contribution in [3.05, 3.63) is 71.3 Å². The molecule has 0 radical (unpaired) electrons. The van der Waals surface area contributed by atoms with Crippen molar-refractivity contribution in [2.45, 2.75) is 18.7 Å². The number of aliphatic hydroxyl groups excluding tert-OH is 1. The highest BCUT2D eigenvalue weighted by molar-refractivity contribution is 5.95. The fourth-order valence-corrected chi connectivity index (χ4v) is 2.19. The van der Waals surface area contributed by atoms with Crippen molar-refractivity contribution in [2.75, 3.05) is 6.54 Å². The number of carbonyl (C=O) groups excluding carboxylic acids is 1. The van der Waals surface area contributed by atoms with Gasteiger partial charge in [0.05, 0.1) is 17.2 Å². The molecule has 1 atom stereocenters. The lowest BCUT2D eigenvalue weighted by Gasteiger charge is -2.15. The van der Waals surface area contributed by atoms with Crippen molar-refractivity contribution in [3.63, 3.8) is 0 Å². The summed E-state index contributed by atoms with van der Waals surface area (Å²) in [6, 6.07) is 13.7. The molecule has 0 bridgehead atoms. The fourth-order valence-electron chi connectivity index (χ4n) is 2.19. The zero-order chi connectivity index (χ0) is 16.9. The Bertz CT molecular complexity index is 656. The molecule has 0 aliphatic carbocycles. The lowest BCUT2D eigenvalue weighted by molar-refractivity contribution is -0.137. The largest absolute Gasteiger partial charge is 0.417 e. The second-order valence-electron chi connectivity index (χ2n) is 5.10. The van der Waals surface area contributed by atoms with Gasteiger partial charge in [0.25, 0.3) is 5.91 Å². The highest BCUT2D eigenvalue weighted by Gasteiger charge is 2.34. The highest BCUT2D eigenvalue weighted by Crippen LogP contribution is 2.31. The van der Waals surface area contributed by atoms with Crippen molar-refractivity contribution in [3.8, 4) is 0 Å². The smallest absolute Gasteiger partial charge is 0.391 e. The van der Waals surface area contributed by atoms with Crippen molar-refractivity contribution in [1.29, 1.82) is 0 Å². The maximum atomic E-state index is 12.9. The topological polar surface area (TPSA) is 49.3 Å². The highest BCUT2D eigenvalue weighted by atomic mass is 19.4. The molecular weight excluding hydrogens is 307 g/mol. The van der Waals surface area contributed by atoms with Crippen LogP contribution in [0.15, 0.2) is 54.6 Å². The lowest BCUT2D eigenvalue weighted by Crippen LogP contribution is -2.34. The van der Waals surface area contributed by atoms with Gasteiger partial charge in [-0.15, -0.1) is 0 Å². The molecule has 6 heteroatoms. The van der Waals surface area contributed by atoms with Gasteiger partial charge in [-0.1, -0.05) is 42.5 Å². The maximum absolute atomic E-state index is 12.9. The number of aliphatic hydroxyl groups is 1. The van der Waals surface area contributed by atoms with E-state index < -0.39 is 29.3 Å². The Morgan fingerprint density at radius 2 is 1.65 bits per heavy atom. The Balaban J connectivity index is 1.98. The van der Waals surface area contributed by atoms with E-state index in [1.807, 2.05) is 30.3 Å². The zero-order valence-electron chi connectivity index (χ0n) is 12.2. The number of hydrogen-bond acceptors (Lipinski definition) is 2. The van der Waals surface area contributed by atoms with Crippen LogP contribution in [0.5, 0.6) is 0 Å². The Morgan fingerprint density at radius 1 is 1.04 bits per heavy atom. The SMILES string of the molecule is O=C(NC[C@@H](O)Cc1ccccc1)c1ccccc1C(F)(F)F. The van der Waals surface area contributed by atoms with E-state index in [-0.39, 0.29) is 6.54 Å². The van der Waals surface area contributed by atoms with Crippen molar-refractivity contribution in [1.82, 2.24) is 5.32 Å². The minimum atomic E-state index is -4.60. The second kappa shape index (κ2) is 7.28. The van der Waals surface area contributed by atoms with Crippen LogP contribution in [0.3, 0.4) is 0 Å². The predicted octanol–water partition coefficient (Wildman–Crippen LogP) is 3.04. The average Bonchev–Trinajstić information content (AvgIpc) is 2.53. The fraction of sp³-hybridized carbons (Fsp3) is 0.235. The third kappa shape index (κ3) is 4.82. The van der Waals surface area contributed by atoms with Gasteiger partial charge in [-0.3, -0.25) is 4.79 Å². The second-order valence-corrected chi connectivity index (χ2v) is 5.10. The van der Waals surface area contributed by atoms with E-state index in [0.717, 1.165) is 17.7 Å². The third-order valence-corrected chi connectivity index (χ3v) is 3.29. The quantitative estimate of drug-likeness (QED) is 0.888. The number of halogens is 3. The molecule has 2 N–H and O–H groups in total. The number of alkyl halides is 3. The van der Waals surface area contributed by atoms with Gasteiger partial charge in [0.2, 0.25) is 0 Å². The van der Waals surface area contributed by atoms with Gasteiger partial charge in [0.1, 0.15) is 0 Å². The molecular formula is C17H16F3NO2. The number of benzene rings is 2. The number of nitrogens with one attached hydrogen (secondary N) is 1. The van der Waals surface area contributed by atoms with Crippen LogP contribution in [0.1, 0.15) is 21.5 Å². The molecule has 0 saturated carbocycles. The van der Waals surface area contributed by atoms with Gasteiger partial charge in [-0.05, 0) is 17.7 Å². The predicted molar refractivity (Wildman–Crippen MR) is 79.9 cm³/mol. The van der Waals surface area contributed by atoms with Gasteiger partial charge < -0.3 is 10.4 Å². The van der Waals surface area contributed by atoms with Crippen LogP contribution in [-0.4, -0.2) is 23.7 Å². The molecule has 0 heterocycles. The van der Waals surface area contributed by atoms with Crippen molar-refractivity contribution in [2.24, 2.45) is 0 Å². The number of hydrogen-bond donors (Lipinski definition) is 2. The standard InChI is InChI=1S/C17H16F3NO2/c18-17(19,20)15-9-5-4-8-14(15)16(23)21-11-13(22)10-12-6-2-1-3-7-12/h1-9,13,22H,10-11H2,(H,21,23)/t13-/m0/s1.